The quantitative estimate of drug-likeness (QED) is 0.758. The van der Waals surface area contributed by atoms with Crippen LogP contribution in [0.1, 0.15) is 19.5 Å². The van der Waals surface area contributed by atoms with Crippen LogP contribution < -0.4 is 0 Å². The first-order valence-corrected chi connectivity index (χ1v) is 5.24. The Labute approximate surface area is 97.4 Å². The third-order valence-electron chi connectivity index (χ3n) is 2.53. The van der Waals surface area contributed by atoms with Gasteiger partial charge < -0.3 is 4.57 Å². The van der Waals surface area contributed by atoms with Crippen LogP contribution in [0, 0.1) is 5.41 Å². The molecule has 1 heterocycles. The highest BCUT2D eigenvalue weighted by atomic mass is 35.5. The van der Waals surface area contributed by atoms with E-state index in [-0.39, 0.29) is 6.42 Å². The molecule has 0 aliphatic heterocycles. The molecular formula is C10H14ClF3N2. The van der Waals surface area contributed by atoms with E-state index in [2.05, 4.69) is 4.98 Å². The zero-order chi connectivity index (χ0) is 12.6. The average Bonchev–Trinajstić information content (AvgIpc) is 2.48. The summed E-state index contributed by atoms with van der Waals surface area (Å²) in [6.45, 7) is 3.01. The Morgan fingerprint density at radius 2 is 2.00 bits per heavy atom. The van der Waals surface area contributed by atoms with Gasteiger partial charge in [0.15, 0.2) is 0 Å². The first-order valence-electron chi connectivity index (χ1n) is 4.80. The summed E-state index contributed by atoms with van der Waals surface area (Å²) < 4.78 is 39.3. The standard InChI is InChI=1S/C10H14ClF3N2/c1-9(2,8(11)10(12,13)14)4-7-5-15-6-16(7)3/h5-6,8H,4H2,1-3H3. The van der Waals surface area contributed by atoms with Crippen molar-refractivity contribution in [1.82, 2.24) is 9.55 Å². The fourth-order valence-corrected chi connectivity index (χ4v) is 1.63. The Hall–Kier alpha value is -0.710. The normalized spacial score (nSPS) is 15.2. The van der Waals surface area contributed by atoms with Gasteiger partial charge in [0, 0.05) is 18.9 Å². The molecule has 0 aliphatic rings. The van der Waals surface area contributed by atoms with Crippen molar-refractivity contribution >= 4 is 11.6 Å². The number of aryl methyl sites for hydroxylation is 1. The molecule has 92 valence electrons. The molecule has 6 heteroatoms. The van der Waals surface area contributed by atoms with Gasteiger partial charge in [-0.1, -0.05) is 13.8 Å². The van der Waals surface area contributed by atoms with Crippen LogP contribution in [0.3, 0.4) is 0 Å². The number of hydrogen-bond acceptors (Lipinski definition) is 1. The van der Waals surface area contributed by atoms with Crippen molar-refractivity contribution in [3.05, 3.63) is 18.2 Å². The summed E-state index contributed by atoms with van der Waals surface area (Å²) in [6.07, 6.45) is -1.04. The monoisotopic (exact) mass is 254 g/mol. The van der Waals surface area contributed by atoms with Gasteiger partial charge in [0.2, 0.25) is 0 Å². The molecule has 0 saturated carbocycles. The maximum Gasteiger partial charge on any atom is 0.405 e. The van der Waals surface area contributed by atoms with E-state index in [1.165, 1.54) is 13.8 Å². The number of halogens is 4. The SMILES string of the molecule is Cn1cncc1CC(C)(C)C(Cl)C(F)(F)F. The zero-order valence-corrected chi connectivity index (χ0v) is 10.1. The minimum absolute atomic E-state index is 0.233. The maximum absolute atomic E-state index is 12.5. The van der Waals surface area contributed by atoms with E-state index in [4.69, 9.17) is 11.6 Å². The molecule has 0 fully saturated rings. The molecule has 1 atom stereocenters. The van der Waals surface area contributed by atoms with Gasteiger partial charge in [-0.3, -0.25) is 0 Å². The van der Waals surface area contributed by atoms with Crippen molar-refractivity contribution in [1.29, 1.82) is 0 Å². The number of aromatic nitrogens is 2. The van der Waals surface area contributed by atoms with E-state index in [1.54, 1.807) is 24.1 Å². The number of alkyl halides is 4. The number of rotatable bonds is 3. The lowest BCUT2D eigenvalue weighted by molar-refractivity contribution is -0.149. The molecule has 0 N–H and O–H groups in total. The molecule has 0 aromatic carbocycles. The second-order valence-corrected chi connectivity index (χ2v) is 5.00. The van der Waals surface area contributed by atoms with Crippen LogP contribution in [-0.4, -0.2) is 21.1 Å². The number of nitrogens with zero attached hydrogens (tertiary/aromatic N) is 2. The third kappa shape index (κ3) is 2.90. The number of hydrogen-bond donors (Lipinski definition) is 0. The van der Waals surface area contributed by atoms with Crippen molar-refractivity contribution in [2.24, 2.45) is 12.5 Å². The Morgan fingerprint density at radius 1 is 1.44 bits per heavy atom. The van der Waals surface area contributed by atoms with E-state index < -0.39 is 17.0 Å². The lowest BCUT2D eigenvalue weighted by Crippen LogP contribution is -2.39. The van der Waals surface area contributed by atoms with Gasteiger partial charge in [0.25, 0.3) is 0 Å². The van der Waals surface area contributed by atoms with Crippen LogP contribution in [0.5, 0.6) is 0 Å². The molecule has 0 saturated heterocycles. The zero-order valence-electron chi connectivity index (χ0n) is 9.35. The Morgan fingerprint density at radius 3 is 2.38 bits per heavy atom. The molecule has 1 aromatic heterocycles. The van der Waals surface area contributed by atoms with Gasteiger partial charge in [-0.15, -0.1) is 11.6 Å². The van der Waals surface area contributed by atoms with Gasteiger partial charge in [0.1, 0.15) is 5.38 Å². The van der Waals surface area contributed by atoms with Gasteiger partial charge in [0.05, 0.1) is 6.33 Å². The Bertz CT molecular complexity index is 357. The number of imidazole rings is 1. The molecule has 1 aromatic rings. The van der Waals surface area contributed by atoms with Crippen molar-refractivity contribution in [3.8, 4) is 0 Å². The van der Waals surface area contributed by atoms with E-state index in [1.807, 2.05) is 0 Å². The molecule has 2 nitrogen and oxygen atoms in total. The van der Waals surface area contributed by atoms with Crippen LogP contribution >= 0.6 is 11.6 Å². The highest BCUT2D eigenvalue weighted by molar-refractivity contribution is 6.21. The summed E-state index contributed by atoms with van der Waals surface area (Å²) in [5.74, 6) is 0. The van der Waals surface area contributed by atoms with Gasteiger partial charge in [-0.2, -0.15) is 13.2 Å². The minimum Gasteiger partial charge on any atom is -0.338 e. The maximum atomic E-state index is 12.5. The summed E-state index contributed by atoms with van der Waals surface area (Å²) in [7, 11) is 1.75. The lowest BCUT2D eigenvalue weighted by atomic mass is 9.83. The lowest BCUT2D eigenvalue weighted by Gasteiger charge is -2.31. The van der Waals surface area contributed by atoms with Crippen LogP contribution in [0.4, 0.5) is 13.2 Å². The largest absolute Gasteiger partial charge is 0.405 e. The molecular weight excluding hydrogens is 241 g/mol. The van der Waals surface area contributed by atoms with E-state index >= 15 is 0 Å². The molecule has 1 unspecified atom stereocenters. The molecule has 0 amide bonds. The van der Waals surface area contributed by atoms with Crippen molar-refractivity contribution in [2.45, 2.75) is 31.8 Å². The second kappa shape index (κ2) is 4.28. The highest BCUT2D eigenvalue weighted by Gasteiger charge is 2.47. The highest BCUT2D eigenvalue weighted by Crippen LogP contribution is 2.40. The summed E-state index contributed by atoms with van der Waals surface area (Å²) in [5.41, 5.74) is -0.326. The van der Waals surface area contributed by atoms with Gasteiger partial charge in [-0.25, -0.2) is 4.98 Å². The average molecular weight is 255 g/mol. The summed E-state index contributed by atoms with van der Waals surface area (Å²) >= 11 is 5.46. The topological polar surface area (TPSA) is 17.8 Å². The fourth-order valence-electron chi connectivity index (χ4n) is 1.55. The van der Waals surface area contributed by atoms with Crippen molar-refractivity contribution in [2.75, 3.05) is 0 Å². The summed E-state index contributed by atoms with van der Waals surface area (Å²) in [5, 5.41) is -1.87. The van der Waals surface area contributed by atoms with E-state index in [0.29, 0.717) is 0 Å². The van der Waals surface area contributed by atoms with Crippen molar-refractivity contribution < 1.29 is 13.2 Å². The Kier molecular flexibility index (Phi) is 3.57. The molecule has 0 bridgehead atoms. The van der Waals surface area contributed by atoms with Gasteiger partial charge >= 0.3 is 6.18 Å². The van der Waals surface area contributed by atoms with Crippen LogP contribution in [-0.2, 0) is 13.5 Å². The molecule has 0 spiro atoms. The van der Waals surface area contributed by atoms with Crippen LogP contribution in [0.2, 0.25) is 0 Å². The first-order chi connectivity index (χ1) is 7.14. The van der Waals surface area contributed by atoms with Gasteiger partial charge in [-0.05, 0) is 11.8 Å². The molecule has 0 aliphatic carbocycles. The molecule has 0 radical (unpaired) electrons. The van der Waals surface area contributed by atoms with Crippen molar-refractivity contribution in [3.63, 3.8) is 0 Å². The summed E-state index contributed by atoms with van der Waals surface area (Å²) in [4.78, 5) is 3.87. The van der Waals surface area contributed by atoms with E-state index in [0.717, 1.165) is 5.69 Å². The van der Waals surface area contributed by atoms with Crippen LogP contribution in [0.25, 0.3) is 0 Å². The minimum atomic E-state index is -4.39. The second-order valence-electron chi connectivity index (χ2n) is 4.57. The molecule has 16 heavy (non-hydrogen) atoms. The van der Waals surface area contributed by atoms with E-state index in [9.17, 15) is 13.2 Å². The first kappa shape index (κ1) is 13.4. The predicted octanol–water partition coefficient (Wildman–Crippen LogP) is 3.16. The predicted molar refractivity (Wildman–Crippen MR) is 56.4 cm³/mol. The Balaban J connectivity index is 2.83. The van der Waals surface area contributed by atoms with Crippen LogP contribution in [0.15, 0.2) is 12.5 Å². The third-order valence-corrected chi connectivity index (χ3v) is 3.36. The summed E-state index contributed by atoms with van der Waals surface area (Å²) in [6, 6.07) is 0. The fraction of sp³-hybridized carbons (Fsp3) is 0.700. The molecule has 1 rings (SSSR count). The smallest absolute Gasteiger partial charge is 0.338 e.